The Labute approximate surface area is 124 Å². The zero-order valence-electron chi connectivity index (χ0n) is 11.6. The summed E-state index contributed by atoms with van der Waals surface area (Å²) in [6.45, 7) is 6.61. The van der Waals surface area contributed by atoms with Crippen LogP contribution < -0.4 is 5.32 Å². The molecular weight excluding hydrogens is 274 g/mol. The van der Waals surface area contributed by atoms with Crippen molar-refractivity contribution in [2.45, 2.75) is 39.3 Å². The van der Waals surface area contributed by atoms with Gasteiger partial charge in [0.05, 0.1) is 0 Å². The highest BCUT2D eigenvalue weighted by Gasteiger charge is 2.12. The molecule has 1 N–H and O–H groups in total. The van der Waals surface area contributed by atoms with Gasteiger partial charge in [0.25, 0.3) is 0 Å². The van der Waals surface area contributed by atoms with E-state index in [0.29, 0.717) is 12.1 Å². The molecule has 1 aromatic heterocycles. The lowest BCUT2D eigenvalue weighted by molar-refractivity contribution is 0.500. The van der Waals surface area contributed by atoms with Crippen LogP contribution in [0.1, 0.15) is 48.2 Å². The second-order valence-corrected chi connectivity index (χ2v) is 6.46. The first-order chi connectivity index (χ1) is 9.10. The minimum absolute atomic E-state index is 0.319. The largest absolute Gasteiger partial charge is 0.303 e. The molecule has 1 aromatic carbocycles. The van der Waals surface area contributed by atoms with Gasteiger partial charge in [-0.05, 0) is 50.1 Å². The average Bonchev–Trinajstić information content (AvgIpc) is 2.88. The minimum Gasteiger partial charge on any atom is -0.303 e. The predicted octanol–water partition coefficient (Wildman–Crippen LogP) is 5.38. The highest BCUT2D eigenvalue weighted by atomic mass is 35.5. The molecule has 2 rings (SSSR count). The second-order valence-electron chi connectivity index (χ2n) is 4.82. The molecule has 0 saturated heterocycles. The molecule has 19 heavy (non-hydrogen) atoms. The van der Waals surface area contributed by atoms with Crippen molar-refractivity contribution < 1.29 is 0 Å². The average molecular weight is 294 g/mol. The van der Waals surface area contributed by atoms with Gasteiger partial charge in [-0.25, -0.2) is 0 Å². The smallest absolute Gasteiger partial charge is 0.0406 e. The van der Waals surface area contributed by atoms with E-state index in [1.807, 2.05) is 23.5 Å². The van der Waals surface area contributed by atoms with E-state index in [2.05, 4.69) is 50.4 Å². The van der Waals surface area contributed by atoms with Gasteiger partial charge in [0.15, 0.2) is 0 Å². The van der Waals surface area contributed by atoms with Gasteiger partial charge in [0, 0.05) is 26.9 Å². The van der Waals surface area contributed by atoms with Gasteiger partial charge in [-0.2, -0.15) is 0 Å². The quantitative estimate of drug-likeness (QED) is 0.781. The molecule has 2 atom stereocenters. The Morgan fingerprint density at radius 3 is 2.32 bits per heavy atom. The summed E-state index contributed by atoms with van der Waals surface area (Å²) in [5, 5.41) is 4.42. The maximum Gasteiger partial charge on any atom is 0.0406 e. The summed E-state index contributed by atoms with van der Waals surface area (Å²) in [5.41, 5.74) is 1.27. The van der Waals surface area contributed by atoms with E-state index < -0.39 is 0 Å². The molecule has 0 fully saturated rings. The monoisotopic (exact) mass is 293 g/mol. The van der Waals surface area contributed by atoms with Gasteiger partial charge in [-0.1, -0.05) is 30.7 Å². The number of thiophene rings is 1. The van der Waals surface area contributed by atoms with Crippen molar-refractivity contribution in [3.8, 4) is 0 Å². The second kappa shape index (κ2) is 6.56. The highest BCUT2D eigenvalue weighted by molar-refractivity contribution is 7.12. The van der Waals surface area contributed by atoms with Crippen LogP contribution in [-0.2, 0) is 6.42 Å². The van der Waals surface area contributed by atoms with Crippen molar-refractivity contribution in [1.29, 1.82) is 0 Å². The van der Waals surface area contributed by atoms with E-state index in [1.54, 1.807) is 0 Å². The zero-order valence-corrected chi connectivity index (χ0v) is 13.2. The van der Waals surface area contributed by atoms with Crippen molar-refractivity contribution in [1.82, 2.24) is 5.32 Å². The zero-order chi connectivity index (χ0) is 13.8. The molecule has 0 aliphatic heterocycles. The highest BCUT2D eigenvalue weighted by Crippen LogP contribution is 2.26. The first-order valence-electron chi connectivity index (χ1n) is 6.70. The van der Waals surface area contributed by atoms with Gasteiger partial charge < -0.3 is 5.32 Å². The summed E-state index contributed by atoms with van der Waals surface area (Å²) in [7, 11) is 0. The molecule has 0 spiro atoms. The van der Waals surface area contributed by atoms with Crippen LogP contribution in [0.4, 0.5) is 0 Å². The van der Waals surface area contributed by atoms with Crippen molar-refractivity contribution in [3.63, 3.8) is 0 Å². The maximum absolute atomic E-state index is 5.92. The summed E-state index contributed by atoms with van der Waals surface area (Å²) in [6, 6.07) is 13.2. The number of rotatable bonds is 5. The first kappa shape index (κ1) is 14.6. The molecule has 2 unspecified atom stereocenters. The van der Waals surface area contributed by atoms with E-state index in [-0.39, 0.29) is 0 Å². The van der Waals surface area contributed by atoms with E-state index >= 15 is 0 Å². The molecule has 0 amide bonds. The summed E-state index contributed by atoms with van der Waals surface area (Å²) < 4.78 is 0. The number of halogens is 1. The van der Waals surface area contributed by atoms with Crippen LogP contribution in [0.3, 0.4) is 0 Å². The predicted molar refractivity (Wildman–Crippen MR) is 85.1 cm³/mol. The lowest BCUT2D eigenvalue weighted by Gasteiger charge is -2.19. The molecule has 3 heteroatoms. The Hall–Kier alpha value is -0.830. The Morgan fingerprint density at radius 2 is 1.74 bits per heavy atom. The molecule has 0 radical (unpaired) electrons. The summed E-state index contributed by atoms with van der Waals surface area (Å²) in [5.74, 6) is 0. The van der Waals surface area contributed by atoms with Crippen molar-refractivity contribution in [3.05, 3.63) is 56.7 Å². The van der Waals surface area contributed by atoms with Gasteiger partial charge in [-0.3, -0.25) is 0 Å². The van der Waals surface area contributed by atoms with E-state index in [0.717, 1.165) is 11.4 Å². The fourth-order valence-corrected chi connectivity index (χ4v) is 3.21. The molecule has 2 aromatic rings. The lowest BCUT2D eigenvalue weighted by atomic mass is 10.1. The lowest BCUT2D eigenvalue weighted by Crippen LogP contribution is -2.21. The van der Waals surface area contributed by atoms with Crippen LogP contribution in [-0.4, -0.2) is 0 Å². The van der Waals surface area contributed by atoms with E-state index in [9.17, 15) is 0 Å². The fraction of sp³-hybridized carbons (Fsp3) is 0.375. The summed E-state index contributed by atoms with van der Waals surface area (Å²) >= 11 is 7.81. The van der Waals surface area contributed by atoms with E-state index in [4.69, 9.17) is 11.6 Å². The molecule has 0 bridgehead atoms. The van der Waals surface area contributed by atoms with Crippen LogP contribution in [0, 0.1) is 0 Å². The summed E-state index contributed by atoms with van der Waals surface area (Å²) in [6.07, 6.45) is 1.12. The third-order valence-corrected chi connectivity index (χ3v) is 4.99. The standard InChI is InChI=1S/C16H20ClNS/c1-4-15-9-10-16(19-15)12(3)18-11(2)13-5-7-14(17)8-6-13/h5-12,18H,4H2,1-3H3. The number of hydrogen-bond donors (Lipinski definition) is 1. The molecule has 0 aliphatic carbocycles. The van der Waals surface area contributed by atoms with Crippen LogP contribution in [0.25, 0.3) is 0 Å². The van der Waals surface area contributed by atoms with Gasteiger partial charge in [0.2, 0.25) is 0 Å². The minimum atomic E-state index is 0.319. The first-order valence-corrected chi connectivity index (χ1v) is 7.89. The van der Waals surface area contributed by atoms with Gasteiger partial charge in [0.1, 0.15) is 0 Å². The van der Waals surface area contributed by atoms with Crippen molar-refractivity contribution in [2.24, 2.45) is 0 Å². The van der Waals surface area contributed by atoms with Crippen molar-refractivity contribution >= 4 is 22.9 Å². The summed E-state index contributed by atoms with van der Waals surface area (Å²) in [4.78, 5) is 2.85. The Kier molecular flexibility index (Phi) is 5.03. The molecule has 1 nitrogen and oxygen atoms in total. The third kappa shape index (κ3) is 3.82. The van der Waals surface area contributed by atoms with Crippen LogP contribution in [0.5, 0.6) is 0 Å². The molecule has 102 valence electrons. The number of benzene rings is 1. The Bertz CT molecular complexity index is 518. The van der Waals surface area contributed by atoms with Crippen LogP contribution in [0.15, 0.2) is 36.4 Å². The fourth-order valence-electron chi connectivity index (χ4n) is 2.12. The maximum atomic E-state index is 5.92. The Balaban J connectivity index is 2.01. The van der Waals surface area contributed by atoms with Crippen LogP contribution >= 0.6 is 22.9 Å². The number of hydrogen-bond acceptors (Lipinski definition) is 2. The molecule has 1 heterocycles. The normalized spacial score (nSPS) is 14.3. The molecule has 0 aliphatic rings. The van der Waals surface area contributed by atoms with E-state index in [1.165, 1.54) is 15.3 Å². The Morgan fingerprint density at radius 1 is 1.05 bits per heavy atom. The van der Waals surface area contributed by atoms with Gasteiger partial charge >= 0.3 is 0 Å². The topological polar surface area (TPSA) is 12.0 Å². The third-order valence-electron chi connectivity index (χ3n) is 3.33. The van der Waals surface area contributed by atoms with Crippen LogP contribution in [0.2, 0.25) is 5.02 Å². The number of nitrogens with one attached hydrogen (secondary N) is 1. The van der Waals surface area contributed by atoms with Crippen molar-refractivity contribution in [2.75, 3.05) is 0 Å². The number of aryl methyl sites for hydroxylation is 1. The molecule has 0 saturated carbocycles. The SMILES string of the molecule is CCc1ccc(C(C)NC(C)c2ccc(Cl)cc2)s1. The molecular formula is C16H20ClNS. The van der Waals surface area contributed by atoms with Gasteiger partial charge in [-0.15, -0.1) is 11.3 Å².